The molecular weight excluding hydrogens is 320 g/mol. The summed E-state index contributed by atoms with van der Waals surface area (Å²) in [5.74, 6) is 0. The van der Waals surface area contributed by atoms with Gasteiger partial charge in [-0.2, -0.15) is 17.6 Å². The SMILES string of the molecule is C=C/C=C\c1c(C=C)cnn1S(=O)(=O)c1cccc2ccccc12. The first-order valence-electron chi connectivity index (χ1n) is 7.32. The van der Waals surface area contributed by atoms with Gasteiger partial charge in [0, 0.05) is 10.9 Å². The lowest BCUT2D eigenvalue weighted by Gasteiger charge is -2.10. The van der Waals surface area contributed by atoms with Gasteiger partial charge in [-0.15, -0.1) is 0 Å². The molecule has 3 aromatic rings. The Labute approximate surface area is 141 Å². The largest absolute Gasteiger partial charge is 0.284 e. The Morgan fingerprint density at radius 2 is 1.79 bits per heavy atom. The monoisotopic (exact) mass is 336 g/mol. The van der Waals surface area contributed by atoms with Gasteiger partial charge >= 0.3 is 0 Å². The molecule has 4 nitrogen and oxygen atoms in total. The third-order valence-corrected chi connectivity index (χ3v) is 5.33. The molecule has 0 atom stereocenters. The Morgan fingerprint density at radius 3 is 2.54 bits per heavy atom. The number of fused-ring (bicyclic) bond motifs is 1. The van der Waals surface area contributed by atoms with Crippen molar-refractivity contribution in [3.63, 3.8) is 0 Å². The molecular formula is C19H16N2O2S. The lowest BCUT2D eigenvalue weighted by atomic mass is 10.1. The van der Waals surface area contributed by atoms with Gasteiger partial charge in [-0.1, -0.05) is 67.8 Å². The summed E-state index contributed by atoms with van der Waals surface area (Å²) in [6.07, 6.45) is 7.96. The highest BCUT2D eigenvalue weighted by Crippen LogP contribution is 2.26. The quantitative estimate of drug-likeness (QED) is 0.659. The van der Waals surface area contributed by atoms with Gasteiger partial charge in [-0.3, -0.25) is 0 Å². The summed E-state index contributed by atoms with van der Waals surface area (Å²) in [7, 11) is -3.84. The molecule has 0 aliphatic rings. The zero-order valence-electron chi connectivity index (χ0n) is 13.0. The first kappa shape index (κ1) is 16.0. The fourth-order valence-corrected chi connectivity index (χ4v) is 4.03. The topological polar surface area (TPSA) is 52.0 Å². The van der Waals surface area contributed by atoms with Crippen molar-refractivity contribution in [3.05, 3.63) is 85.2 Å². The van der Waals surface area contributed by atoms with Gasteiger partial charge in [-0.05, 0) is 17.5 Å². The van der Waals surface area contributed by atoms with Crippen molar-refractivity contribution < 1.29 is 8.42 Å². The third kappa shape index (κ3) is 2.59. The molecule has 0 spiro atoms. The van der Waals surface area contributed by atoms with E-state index >= 15 is 0 Å². The van der Waals surface area contributed by atoms with Crippen molar-refractivity contribution in [2.45, 2.75) is 4.90 Å². The zero-order chi connectivity index (χ0) is 17.2. The molecule has 0 bridgehead atoms. The van der Waals surface area contributed by atoms with E-state index in [1.54, 1.807) is 42.5 Å². The van der Waals surface area contributed by atoms with Crippen LogP contribution >= 0.6 is 0 Å². The van der Waals surface area contributed by atoms with Gasteiger partial charge in [0.15, 0.2) is 0 Å². The van der Waals surface area contributed by atoms with Gasteiger partial charge in [-0.25, -0.2) is 0 Å². The number of nitrogens with zero attached hydrogens (tertiary/aromatic N) is 2. The zero-order valence-corrected chi connectivity index (χ0v) is 13.8. The van der Waals surface area contributed by atoms with Crippen molar-refractivity contribution in [1.82, 2.24) is 9.19 Å². The van der Waals surface area contributed by atoms with E-state index in [0.717, 1.165) is 9.47 Å². The van der Waals surface area contributed by atoms with Crippen molar-refractivity contribution in [2.24, 2.45) is 0 Å². The minimum atomic E-state index is -3.84. The molecule has 0 saturated heterocycles. The fourth-order valence-electron chi connectivity index (χ4n) is 2.54. The van der Waals surface area contributed by atoms with Crippen LogP contribution in [0.1, 0.15) is 11.3 Å². The molecule has 0 saturated carbocycles. The Bertz CT molecular complexity index is 1050. The van der Waals surface area contributed by atoms with Gasteiger partial charge in [0.05, 0.1) is 16.8 Å². The van der Waals surface area contributed by atoms with Gasteiger partial charge in [0.25, 0.3) is 10.0 Å². The second kappa shape index (κ2) is 6.29. The van der Waals surface area contributed by atoms with Crippen LogP contribution in [0.4, 0.5) is 0 Å². The maximum absolute atomic E-state index is 13.2. The van der Waals surface area contributed by atoms with Crippen LogP contribution in [0.3, 0.4) is 0 Å². The van der Waals surface area contributed by atoms with Crippen molar-refractivity contribution in [3.8, 4) is 0 Å². The van der Waals surface area contributed by atoms with E-state index in [1.165, 1.54) is 6.20 Å². The van der Waals surface area contributed by atoms with Crippen molar-refractivity contribution >= 4 is 32.9 Å². The van der Waals surface area contributed by atoms with Crippen LogP contribution in [-0.2, 0) is 10.0 Å². The number of benzene rings is 2. The number of aromatic nitrogens is 2. The molecule has 3 rings (SSSR count). The minimum Gasteiger partial charge on any atom is -0.199 e. The van der Waals surface area contributed by atoms with E-state index in [0.29, 0.717) is 16.6 Å². The molecule has 0 N–H and O–H groups in total. The average Bonchev–Trinajstić information content (AvgIpc) is 3.03. The number of hydrogen-bond acceptors (Lipinski definition) is 3. The summed E-state index contributed by atoms with van der Waals surface area (Å²) in [6.45, 7) is 7.32. The van der Waals surface area contributed by atoms with Crippen LogP contribution in [0.25, 0.3) is 22.9 Å². The maximum atomic E-state index is 13.2. The summed E-state index contributed by atoms with van der Waals surface area (Å²) in [4.78, 5) is 0.215. The lowest BCUT2D eigenvalue weighted by molar-refractivity contribution is 0.580. The molecule has 120 valence electrons. The predicted molar refractivity (Wildman–Crippen MR) is 98.1 cm³/mol. The highest BCUT2D eigenvalue weighted by molar-refractivity contribution is 7.90. The average molecular weight is 336 g/mol. The second-order valence-electron chi connectivity index (χ2n) is 5.11. The van der Waals surface area contributed by atoms with Crippen LogP contribution < -0.4 is 0 Å². The Hall–Kier alpha value is -2.92. The van der Waals surface area contributed by atoms with Gasteiger partial charge in [0.1, 0.15) is 0 Å². The van der Waals surface area contributed by atoms with Crippen LogP contribution in [0.15, 0.2) is 78.9 Å². The highest BCUT2D eigenvalue weighted by atomic mass is 32.2. The summed E-state index contributed by atoms with van der Waals surface area (Å²) in [6, 6.07) is 12.6. The summed E-state index contributed by atoms with van der Waals surface area (Å²) in [5, 5.41) is 5.59. The minimum absolute atomic E-state index is 0.215. The first-order valence-corrected chi connectivity index (χ1v) is 8.76. The molecule has 0 amide bonds. The van der Waals surface area contributed by atoms with E-state index in [2.05, 4.69) is 18.3 Å². The molecule has 5 heteroatoms. The van der Waals surface area contributed by atoms with E-state index in [9.17, 15) is 8.42 Å². The molecule has 0 fully saturated rings. The molecule has 0 aliphatic carbocycles. The Kier molecular flexibility index (Phi) is 4.18. The van der Waals surface area contributed by atoms with Crippen LogP contribution in [0.5, 0.6) is 0 Å². The Morgan fingerprint density at radius 1 is 1.04 bits per heavy atom. The van der Waals surface area contributed by atoms with E-state index in [-0.39, 0.29) is 4.90 Å². The van der Waals surface area contributed by atoms with Gasteiger partial charge in [0.2, 0.25) is 0 Å². The van der Waals surface area contributed by atoms with Crippen LogP contribution in [0.2, 0.25) is 0 Å². The fraction of sp³-hybridized carbons (Fsp3) is 0. The highest BCUT2D eigenvalue weighted by Gasteiger charge is 2.23. The third-order valence-electron chi connectivity index (χ3n) is 3.67. The van der Waals surface area contributed by atoms with E-state index in [4.69, 9.17) is 0 Å². The van der Waals surface area contributed by atoms with Crippen LogP contribution in [-0.4, -0.2) is 17.6 Å². The smallest absolute Gasteiger partial charge is 0.199 e. The molecule has 0 unspecified atom stereocenters. The maximum Gasteiger partial charge on any atom is 0.284 e. The molecule has 24 heavy (non-hydrogen) atoms. The summed E-state index contributed by atoms with van der Waals surface area (Å²) in [5.41, 5.74) is 1.08. The standard InChI is InChI=1S/C19H16N2O2S/c1-3-5-12-18-15(4-2)14-20-21(18)24(22,23)19-13-8-10-16-9-6-7-11-17(16)19/h3-14H,1-2H2/b12-5-. The molecule has 0 aliphatic heterocycles. The molecule has 2 aromatic carbocycles. The first-order chi connectivity index (χ1) is 11.6. The molecule has 0 radical (unpaired) electrons. The second-order valence-corrected chi connectivity index (χ2v) is 6.85. The van der Waals surface area contributed by atoms with E-state index in [1.807, 2.05) is 24.3 Å². The summed E-state index contributed by atoms with van der Waals surface area (Å²) < 4.78 is 27.4. The summed E-state index contributed by atoms with van der Waals surface area (Å²) >= 11 is 0. The number of rotatable bonds is 5. The number of hydrogen-bond donors (Lipinski definition) is 0. The normalized spacial score (nSPS) is 11.8. The number of allylic oxidation sites excluding steroid dienone is 2. The molecule has 1 aromatic heterocycles. The van der Waals surface area contributed by atoms with Crippen LogP contribution in [0, 0.1) is 0 Å². The predicted octanol–water partition coefficient (Wildman–Crippen LogP) is 4.12. The molecule has 1 heterocycles. The lowest BCUT2D eigenvalue weighted by Crippen LogP contribution is -2.16. The van der Waals surface area contributed by atoms with Crippen molar-refractivity contribution in [2.75, 3.05) is 0 Å². The van der Waals surface area contributed by atoms with Gasteiger partial charge < -0.3 is 0 Å². The van der Waals surface area contributed by atoms with Crippen molar-refractivity contribution in [1.29, 1.82) is 0 Å². The Balaban J connectivity index is 2.29. The van der Waals surface area contributed by atoms with E-state index < -0.39 is 10.0 Å².